The Hall–Kier alpha value is -2.48. The van der Waals surface area contributed by atoms with E-state index in [1.165, 1.54) is 12.1 Å². The molecule has 0 unspecified atom stereocenters. The number of anilines is 1. The number of carbonyl (C=O) groups excluding carboxylic acids is 2. The molecule has 2 amide bonds. The van der Waals surface area contributed by atoms with Crippen LogP contribution in [0.15, 0.2) is 18.2 Å². The van der Waals surface area contributed by atoms with E-state index in [4.69, 9.17) is 14.7 Å². The van der Waals surface area contributed by atoms with Crippen LogP contribution in [0, 0.1) is 23.2 Å². The Labute approximate surface area is 183 Å². The number of alkyl halides is 3. The molecule has 7 nitrogen and oxygen atoms in total. The first-order valence-electron chi connectivity index (χ1n) is 10.4. The molecule has 0 aromatic heterocycles. The van der Waals surface area contributed by atoms with E-state index < -0.39 is 52.2 Å². The largest absolute Gasteiger partial charge is 0.417 e. The molecule has 172 valence electrons. The third-order valence-electron chi connectivity index (χ3n) is 6.77. The van der Waals surface area contributed by atoms with Gasteiger partial charge in [-0.1, -0.05) is 0 Å². The predicted molar refractivity (Wildman–Crippen MR) is 106 cm³/mol. The number of nitriles is 1. The Morgan fingerprint density at radius 1 is 1.28 bits per heavy atom. The highest BCUT2D eigenvalue weighted by Crippen LogP contribution is 2.61. The Morgan fingerprint density at radius 2 is 1.94 bits per heavy atom. The molecule has 3 aliphatic heterocycles. The number of benzene rings is 1. The summed E-state index contributed by atoms with van der Waals surface area (Å²) < 4.78 is 52.0. The van der Waals surface area contributed by atoms with Gasteiger partial charge in [0.15, 0.2) is 0 Å². The second-order valence-electron chi connectivity index (χ2n) is 9.23. The van der Waals surface area contributed by atoms with E-state index in [9.17, 15) is 22.8 Å². The van der Waals surface area contributed by atoms with Gasteiger partial charge in [-0.2, -0.15) is 18.4 Å². The van der Waals surface area contributed by atoms with Crippen LogP contribution in [0.4, 0.5) is 18.9 Å². The quantitative estimate of drug-likeness (QED) is 0.547. The van der Waals surface area contributed by atoms with Crippen molar-refractivity contribution >= 4 is 17.5 Å². The van der Waals surface area contributed by atoms with E-state index >= 15 is 0 Å². The van der Waals surface area contributed by atoms with E-state index in [-0.39, 0.29) is 24.6 Å². The number of ether oxygens (including phenoxy) is 2. The van der Waals surface area contributed by atoms with Crippen molar-refractivity contribution < 1.29 is 32.2 Å². The van der Waals surface area contributed by atoms with Crippen molar-refractivity contribution in [3.63, 3.8) is 0 Å². The summed E-state index contributed by atoms with van der Waals surface area (Å²) in [5, 5.41) is 12.3. The zero-order chi connectivity index (χ0) is 23.6. The van der Waals surface area contributed by atoms with Gasteiger partial charge in [0.05, 0.1) is 58.8 Å². The fraction of sp³-hybridized carbons (Fsp3) is 0.591. The Balaban J connectivity index is 1.68. The third-order valence-corrected chi connectivity index (χ3v) is 6.77. The van der Waals surface area contributed by atoms with Gasteiger partial charge in [-0.05, 0) is 52.3 Å². The number of nitrogens with one attached hydrogen (secondary N) is 1. The number of imide groups is 1. The summed E-state index contributed by atoms with van der Waals surface area (Å²) in [5.74, 6) is -2.81. The van der Waals surface area contributed by atoms with Crippen LogP contribution in [0.25, 0.3) is 0 Å². The number of hydrogen-bond donors (Lipinski definition) is 1. The average Bonchev–Trinajstić information content (AvgIpc) is 3.21. The minimum absolute atomic E-state index is 0.00235. The molecule has 0 radical (unpaired) electrons. The number of amides is 2. The average molecular weight is 451 g/mol. The van der Waals surface area contributed by atoms with Gasteiger partial charge in [0.2, 0.25) is 11.8 Å². The van der Waals surface area contributed by atoms with Gasteiger partial charge in [-0.25, -0.2) is 4.90 Å². The van der Waals surface area contributed by atoms with Crippen molar-refractivity contribution in [1.29, 1.82) is 5.26 Å². The Morgan fingerprint density at radius 3 is 2.53 bits per heavy atom. The summed E-state index contributed by atoms with van der Waals surface area (Å²) in [7, 11) is 0. The molecule has 32 heavy (non-hydrogen) atoms. The topological polar surface area (TPSA) is 91.7 Å². The van der Waals surface area contributed by atoms with Gasteiger partial charge >= 0.3 is 6.18 Å². The van der Waals surface area contributed by atoms with Gasteiger partial charge < -0.3 is 9.47 Å². The highest BCUT2D eigenvalue weighted by molar-refractivity contribution is 6.23. The number of carbonyl (C=O) groups is 2. The van der Waals surface area contributed by atoms with Gasteiger partial charge in [0.25, 0.3) is 0 Å². The zero-order valence-corrected chi connectivity index (χ0v) is 18.1. The molecule has 3 fully saturated rings. The van der Waals surface area contributed by atoms with Gasteiger partial charge in [-0.15, -0.1) is 0 Å². The zero-order valence-electron chi connectivity index (χ0n) is 18.1. The Bertz CT molecular complexity index is 1020. The predicted octanol–water partition coefficient (Wildman–Crippen LogP) is 2.97. The molecule has 10 heteroatoms. The van der Waals surface area contributed by atoms with Crippen LogP contribution >= 0.6 is 0 Å². The van der Waals surface area contributed by atoms with E-state index in [0.717, 1.165) is 11.0 Å². The van der Waals surface area contributed by atoms with Crippen LogP contribution in [-0.2, 0) is 25.2 Å². The van der Waals surface area contributed by atoms with E-state index in [0.29, 0.717) is 12.5 Å². The van der Waals surface area contributed by atoms with Crippen LogP contribution in [0.1, 0.15) is 45.2 Å². The van der Waals surface area contributed by atoms with E-state index in [1.54, 1.807) is 13.8 Å². The lowest BCUT2D eigenvalue weighted by Gasteiger charge is -2.36. The van der Waals surface area contributed by atoms with Crippen LogP contribution in [0.5, 0.6) is 0 Å². The number of nitrogens with zero attached hydrogens (tertiary/aromatic N) is 2. The summed E-state index contributed by atoms with van der Waals surface area (Å²) in [6.45, 7) is 7.54. The van der Waals surface area contributed by atoms with Crippen molar-refractivity contribution in [2.24, 2.45) is 11.8 Å². The first-order valence-corrected chi connectivity index (χ1v) is 10.4. The normalized spacial score (nSPS) is 33.8. The molecule has 1 aromatic rings. The molecule has 0 aliphatic carbocycles. The lowest BCUT2D eigenvalue weighted by Crippen LogP contribution is -2.55. The number of fused-ring (bicyclic) bond motifs is 5. The monoisotopic (exact) mass is 451 g/mol. The molecule has 2 bridgehead atoms. The maximum Gasteiger partial charge on any atom is 0.417 e. The fourth-order valence-electron chi connectivity index (χ4n) is 5.40. The standard InChI is InChI=1S/C22H24F3N3O4/c1-11(2)31-10-27-15-8-20(3)16-17(21(15,4)32-20)19(30)28(18(16)29)13-6-5-12(9-26)14(7-13)22(23,24)25/h5-7,11,15-17,27H,8,10H2,1-4H3/t15-,16-,17+,20-,21+/m0/s1. The van der Waals surface area contributed by atoms with Crippen molar-refractivity contribution in [3.8, 4) is 6.07 Å². The molecule has 4 rings (SSSR count). The van der Waals surface area contributed by atoms with Gasteiger partial charge in [-0.3, -0.25) is 14.9 Å². The summed E-state index contributed by atoms with van der Waals surface area (Å²) >= 11 is 0. The summed E-state index contributed by atoms with van der Waals surface area (Å²) in [4.78, 5) is 27.5. The molecule has 3 saturated heterocycles. The van der Waals surface area contributed by atoms with Crippen molar-refractivity contribution in [1.82, 2.24) is 5.32 Å². The number of rotatable bonds is 5. The molecule has 3 heterocycles. The van der Waals surface area contributed by atoms with Gasteiger partial charge in [0.1, 0.15) is 0 Å². The van der Waals surface area contributed by atoms with Crippen molar-refractivity contribution in [2.45, 2.75) is 63.6 Å². The molecule has 3 aliphatic rings. The smallest absolute Gasteiger partial charge is 0.366 e. The molecular formula is C22H24F3N3O4. The molecule has 0 spiro atoms. The highest BCUT2D eigenvalue weighted by atomic mass is 19.4. The molecular weight excluding hydrogens is 427 g/mol. The lowest BCUT2D eigenvalue weighted by molar-refractivity contribution is -0.138. The molecule has 5 atom stereocenters. The first-order chi connectivity index (χ1) is 14.8. The summed E-state index contributed by atoms with van der Waals surface area (Å²) in [6.07, 6.45) is -4.34. The van der Waals surface area contributed by atoms with Crippen molar-refractivity contribution in [2.75, 3.05) is 11.6 Å². The van der Waals surface area contributed by atoms with E-state index in [1.807, 2.05) is 13.8 Å². The highest BCUT2D eigenvalue weighted by Gasteiger charge is 2.75. The molecule has 1 N–H and O–H groups in total. The van der Waals surface area contributed by atoms with Crippen LogP contribution in [0.2, 0.25) is 0 Å². The molecule has 0 saturated carbocycles. The van der Waals surface area contributed by atoms with Gasteiger partial charge in [0, 0.05) is 6.04 Å². The maximum atomic E-state index is 13.4. The first kappa shape index (κ1) is 22.7. The lowest BCUT2D eigenvalue weighted by atomic mass is 9.66. The summed E-state index contributed by atoms with van der Waals surface area (Å²) in [6, 6.07) is 4.10. The Kier molecular flexibility index (Phi) is 5.16. The maximum absolute atomic E-state index is 13.4. The SMILES string of the molecule is CC(C)OCN[C@H]1C[C@]2(C)O[C@@]1(C)[C@H]1C(=O)N(c3ccc(C#N)c(C(F)(F)F)c3)C(=O)[C@H]12. The minimum Gasteiger partial charge on any atom is -0.366 e. The second-order valence-corrected chi connectivity index (χ2v) is 9.23. The minimum atomic E-state index is -4.80. The fourth-order valence-corrected chi connectivity index (χ4v) is 5.40. The van der Waals surface area contributed by atoms with Crippen molar-refractivity contribution in [3.05, 3.63) is 29.3 Å². The number of hydrogen-bond acceptors (Lipinski definition) is 6. The summed E-state index contributed by atoms with van der Waals surface area (Å²) in [5.41, 5.74) is -3.90. The van der Waals surface area contributed by atoms with Crippen LogP contribution in [-0.4, -0.2) is 41.9 Å². The third kappa shape index (κ3) is 3.22. The van der Waals surface area contributed by atoms with E-state index in [2.05, 4.69) is 5.32 Å². The van der Waals surface area contributed by atoms with Crippen LogP contribution < -0.4 is 10.2 Å². The second kappa shape index (κ2) is 7.27. The molecule has 1 aromatic carbocycles. The van der Waals surface area contributed by atoms with Crippen LogP contribution in [0.3, 0.4) is 0 Å². The number of halogens is 3.